The lowest BCUT2D eigenvalue weighted by Crippen LogP contribution is -2.01. The standard InChI is InChI=1S/C17H20OS/c1-3-6-13-9-11-14(12-10-13)17(18)15-7-4-5-8-16(15)19-2/h4-5,7-12,17-18H,3,6H2,1-2H3. The molecule has 0 aliphatic heterocycles. The van der Waals surface area contributed by atoms with E-state index in [9.17, 15) is 5.11 Å². The van der Waals surface area contributed by atoms with E-state index >= 15 is 0 Å². The van der Waals surface area contributed by atoms with Crippen molar-refractivity contribution < 1.29 is 5.11 Å². The van der Waals surface area contributed by atoms with Gasteiger partial charge in [0, 0.05) is 4.90 Å². The van der Waals surface area contributed by atoms with Gasteiger partial charge < -0.3 is 5.11 Å². The first-order chi connectivity index (χ1) is 9.26. The molecule has 0 aliphatic carbocycles. The van der Waals surface area contributed by atoms with Crippen LogP contribution in [-0.2, 0) is 6.42 Å². The van der Waals surface area contributed by atoms with Crippen LogP contribution in [0.15, 0.2) is 53.4 Å². The van der Waals surface area contributed by atoms with E-state index in [-0.39, 0.29) is 0 Å². The molecule has 0 saturated heterocycles. The zero-order valence-corrected chi connectivity index (χ0v) is 12.3. The fourth-order valence-electron chi connectivity index (χ4n) is 2.23. The molecule has 0 amide bonds. The Morgan fingerprint density at radius 3 is 2.37 bits per heavy atom. The summed E-state index contributed by atoms with van der Waals surface area (Å²) in [7, 11) is 0. The van der Waals surface area contributed by atoms with E-state index in [2.05, 4.69) is 25.1 Å². The monoisotopic (exact) mass is 272 g/mol. The Labute approximate surface area is 119 Å². The number of aliphatic hydroxyl groups is 1. The van der Waals surface area contributed by atoms with E-state index in [1.54, 1.807) is 11.8 Å². The van der Waals surface area contributed by atoms with Crippen LogP contribution in [0.5, 0.6) is 0 Å². The fourth-order valence-corrected chi connectivity index (χ4v) is 2.86. The van der Waals surface area contributed by atoms with Crippen LogP contribution in [0.25, 0.3) is 0 Å². The molecule has 0 saturated carbocycles. The molecule has 0 heterocycles. The van der Waals surface area contributed by atoms with Crippen LogP contribution >= 0.6 is 11.8 Å². The molecule has 0 aromatic heterocycles. The molecule has 100 valence electrons. The molecule has 2 aromatic rings. The third kappa shape index (κ3) is 3.40. The highest BCUT2D eigenvalue weighted by atomic mass is 32.2. The van der Waals surface area contributed by atoms with Crippen molar-refractivity contribution in [1.82, 2.24) is 0 Å². The van der Waals surface area contributed by atoms with Crippen LogP contribution in [0.4, 0.5) is 0 Å². The Balaban J connectivity index is 2.25. The lowest BCUT2D eigenvalue weighted by molar-refractivity contribution is 0.217. The van der Waals surface area contributed by atoms with Gasteiger partial charge in [-0.2, -0.15) is 0 Å². The third-order valence-electron chi connectivity index (χ3n) is 3.27. The molecule has 0 fully saturated rings. The second-order valence-corrected chi connectivity index (χ2v) is 5.48. The van der Waals surface area contributed by atoms with Crippen LogP contribution in [0.2, 0.25) is 0 Å². The molecule has 1 atom stereocenters. The predicted octanol–water partition coefficient (Wildman–Crippen LogP) is 4.44. The molecular weight excluding hydrogens is 252 g/mol. The van der Waals surface area contributed by atoms with Crippen LogP contribution in [0.3, 0.4) is 0 Å². The number of hydrogen-bond acceptors (Lipinski definition) is 2. The number of benzene rings is 2. The number of thioether (sulfide) groups is 1. The Hall–Kier alpha value is -1.25. The van der Waals surface area contributed by atoms with Crippen molar-refractivity contribution in [2.45, 2.75) is 30.8 Å². The Morgan fingerprint density at radius 2 is 1.74 bits per heavy atom. The van der Waals surface area contributed by atoms with Crippen molar-refractivity contribution in [2.75, 3.05) is 6.26 Å². The van der Waals surface area contributed by atoms with Crippen molar-refractivity contribution in [3.8, 4) is 0 Å². The van der Waals surface area contributed by atoms with Gasteiger partial charge in [-0.05, 0) is 35.4 Å². The summed E-state index contributed by atoms with van der Waals surface area (Å²) in [6.07, 6.45) is 3.74. The second-order valence-electron chi connectivity index (χ2n) is 4.64. The maximum absolute atomic E-state index is 10.5. The molecule has 2 aromatic carbocycles. The average Bonchev–Trinajstić information content (AvgIpc) is 2.47. The van der Waals surface area contributed by atoms with Crippen molar-refractivity contribution in [3.63, 3.8) is 0 Å². The van der Waals surface area contributed by atoms with Gasteiger partial charge in [0.1, 0.15) is 6.10 Å². The van der Waals surface area contributed by atoms with E-state index < -0.39 is 6.10 Å². The molecular formula is C17H20OS. The largest absolute Gasteiger partial charge is 0.384 e. The summed E-state index contributed by atoms with van der Waals surface area (Å²) in [4.78, 5) is 1.13. The zero-order chi connectivity index (χ0) is 13.7. The van der Waals surface area contributed by atoms with E-state index in [4.69, 9.17) is 0 Å². The maximum Gasteiger partial charge on any atom is 0.105 e. The number of aliphatic hydroxyl groups excluding tert-OH is 1. The predicted molar refractivity (Wildman–Crippen MR) is 82.7 cm³/mol. The van der Waals surface area contributed by atoms with Crippen LogP contribution in [0, 0.1) is 0 Å². The summed E-state index contributed by atoms with van der Waals surface area (Å²) in [5, 5.41) is 10.5. The smallest absolute Gasteiger partial charge is 0.105 e. The molecule has 19 heavy (non-hydrogen) atoms. The van der Waals surface area contributed by atoms with Crippen LogP contribution in [0.1, 0.15) is 36.1 Å². The minimum atomic E-state index is -0.542. The molecule has 2 rings (SSSR count). The topological polar surface area (TPSA) is 20.2 Å². The van der Waals surface area contributed by atoms with Crippen LogP contribution in [-0.4, -0.2) is 11.4 Å². The quantitative estimate of drug-likeness (QED) is 0.812. The SMILES string of the molecule is CCCc1ccc(C(O)c2ccccc2SC)cc1. The molecule has 1 N–H and O–H groups in total. The molecule has 1 nitrogen and oxygen atoms in total. The van der Waals surface area contributed by atoms with Gasteiger partial charge in [-0.1, -0.05) is 55.8 Å². The minimum absolute atomic E-state index is 0.542. The zero-order valence-electron chi connectivity index (χ0n) is 11.5. The summed E-state index contributed by atoms with van der Waals surface area (Å²) >= 11 is 1.67. The van der Waals surface area contributed by atoms with Crippen LogP contribution < -0.4 is 0 Å². The van der Waals surface area contributed by atoms with Gasteiger partial charge >= 0.3 is 0 Å². The lowest BCUT2D eigenvalue weighted by atomic mass is 9.99. The summed E-state index contributed by atoms with van der Waals surface area (Å²) in [5.74, 6) is 0. The molecule has 0 aliphatic rings. The van der Waals surface area contributed by atoms with E-state index in [1.165, 1.54) is 5.56 Å². The second kappa shape index (κ2) is 6.78. The minimum Gasteiger partial charge on any atom is -0.384 e. The first kappa shape index (κ1) is 14.2. The Morgan fingerprint density at radius 1 is 1.05 bits per heavy atom. The highest BCUT2D eigenvalue weighted by Crippen LogP contribution is 2.30. The van der Waals surface area contributed by atoms with E-state index in [0.29, 0.717) is 0 Å². The van der Waals surface area contributed by atoms with Gasteiger partial charge in [0.25, 0.3) is 0 Å². The summed E-state index contributed by atoms with van der Waals surface area (Å²) in [6, 6.07) is 16.3. The van der Waals surface area contributed by atoms with Gasteiger partial charge in [-0.25, -0.2) is 0 Å². The van der Waals surface area contributed by atoms with Crippen molar-refractivity contribution >= 4 is 11.8 Å². The highest BCUT2D eigenvalue weighted by molar-refractivity contribution is 7.98. The fraction of sp³-hybridized carbons (Fsp3) is 0.294. The van der Waals surface area contributed by atoms with Gasteiger partial charge in [0.05, 0.1) is 0 Å². The summed E-state index contributed by atoms with van der Waals surface area (Å²) in [5.41, 5.74) is 3.27. The first-order valence-electron chi connectivity index (χ1n) is 6.66. The van der Waals surface area contributed by atoms with Gasteiger partial charge in [0.15, 0.2) is 0 Å². The van der Waals surface area contributed by atoms with Crippen molar-refractivity contribution in [2.24, 2.45) is 0 Å². The lowest BCUT2D eigenvalue weighted by Gasteiger charge is -2.15. The van der Waals surface area contributed by atoms with Gasteiger partial charge in [0.2, 0.25) is 0 Å². The Kier molecular flexibility index (Phi) is 5.06. The molecule has 2 heteroatoms. The Bertz CT molecular complexity index is 519. The summed E-state index contributed by atoms with van der Waals surface area (Å²) < 4.78 is 0. The highest BCUT2D eigenvalue weighted by Gasteiger charge is 2.13. The summed E-state index contributed by atoms with van der Waals surface area (Å²) in [6.45, 7) is 2.18. The average molecular weight is 272 g/mol. The van der Waals surface area contributed by atoms with Gasteiger partial charge in [-0.15, -0.1) is 11.8 Å². The molecule has 0 spiro atoms. The number of rotatable bonds is 5. The van der Waals surface area contributed by atoms with Crippen molar-refractivity contribution in [3.05, 3.63) is 65.2 Å². The van der Waals surface area contributed by atoms with Crippen molar-refractivity contribution in [1.29, 1.82) is 0 Å². The first-order valence-corrected chi connectivity index (χ1v) is 7.88. The molecule has 1 unspecified atom stereocenters. The molecule has 0 radical (unpaired) electrons. The van der Waals surface area contributed by atoms with E-state index in [0.717, 1.165) is 28.9 Å². The third-order valence-corrected chi connectivity index (χ3v) is 4.08. The molecule has 0 bridgehead atoms. The van der Waals surface area contributed by atoms with Gasteiger partial charge in [-0.3, -0.25) is 0 Å². The normalized spacial score (nSPS) is 12.4. The van der Waals surface area contributed by atoms with E-state index in [1.807, 2.05) is 36.6 Å². The maximum atomic E-state index is 10.5. The number of aryl methyl sites for hydroxylation is 1. The number of hydrogen-bond donors (Lipinski definition) is 1.